The highest BCUT2D eigenvalue weighted by Crippen LogP contribution is 2.23. The monoisotopic (exact) mass is 254 g/mol. The summed E-state index contributed by atoms with van der Waals surface area (Å²) >= 11 is 1.35. The van der Waals surface area contributed by atoms with Gasteiger partial charge in [-0.3, -0.25) is 4.79 Å². The number of carboxylic acids is 1. The maximum absolute atomic E-state index is 12.1. The molecule has 92 valence electrons. The quantitative estimate of drug-likeness (QED) is 0.885. The van der Waals surface area contributed by atoms with Crippen LogP contribution < -0.4 is 0 Å². The summed E-state index contributed by atoms with van der Waals surface area (Å²) in [6.07, 6.45) is 3.63. The Kier molecular flexibility index (Phi) is 3.42. The summed E-state index contributed by atoms with van der Waals surface area (Å²) < 4.78 is 0. The molecule has 1 aliphatic rings. The molecule has 1 aromatic heterocycles. The Morgan fingerprint density at radius 1 is 1.65 bits per heavy atom. The van der Waals surface area contributed by atoms with E-state index >= 15 is 0 Å². The number of rotatable bonds is 3. The number of carbonyl (C=O) groups excluding carboxylic acids is 1. The molecule has 0 saturated carbocycles. The number of thiazole rings is 1. The molecular formula is C11H14N2O3S. The van der Waals surface area contributed by atoms with Gasteiger partial charge in [-0.25, -0.2) is 9.78 Å². The molecule has 0 aromatic carbocycles. The highest BCUT2D eigenvalue weighted by atomic mass is 32.1. The van der Waals surface area contributed by atoms with Crippen LogP contribution in [0.3, 0.4) is 0 Å². The van der Waals surface area contributed by atoms with Gasteiger partial charge in [0.2, 0.25) is 0 Å². The molecule has 2 heterocycles. The molecule has 1 aromatic rings. The fraction of sp³-hybridized carbons (Fsp3) is 0.545. The highest BCUT2D eigenvalue weighted by molar-refractivity contribution is 7.13. The van der Waals surface area contributed by atoms with Gasteiger partial charge in [-0.05, 0) is 19.3 Å². The highest BCUT2D eigenvalue weighted by Gasteiger charge is 2.34. The Bertz CT molecular complexity index is 444. The van der Waals surface area contributed by atoms with E-state index in [9.17, 15) is 9.59 Å². The smallest absolute Gasteiger partial charge is 0.326 e. The predicted octanol–water partition coefficient (Wildman–Crippen LogP) is 1.39. The minimum atomic E-state index is -0.920. The first kappa shape index (κ1) is 12.0. The number of carboxylic acid groups (broad SMARTS) is 1. The van der Waals surface area contributed by atoms with E-state index in [0.29, 0.717) is 17.8 Å². The summed E-state index contributed by atoms with van der Waals surface area (Å²) in [7, 11) is 0. The maximum Gasteiger partial charge on any atom is 0.326 e. The van der Waals surface area contributed by atoms with Gasteiger partial charge < -0.3 is 10.0 Å². The van der Waals surface area contributed by atoms with Gasteiger partial charge in [-0.15, -0.1) is 11.3 Å². The van der Waals surface area contributed by atoms with E-state index in [1.807, 2.05) is 6.92 Å². The van der Waals surface area contributed by atoms with Crippen molar-refractivity contribution in [2.45, 2.75) is 32.2 Å². The van der Waals surface area contributed by atoms with Crippen molar-refractivity contribution < 1.29 is 14.7 Å². The molecule has 1 saturated heterocycles. The normalized spacial score (nSPS) is 19.6. The van der Waals surface area contributed by atoms with Gasteiger partial charge in [-0.2, -0.15) is 0 Å². The summed E-state index contributed by atoms with van der Waals surface area (Å²) in [6.45, 7) is 2.50. The van der Waals surface area contributed by atoms with Gasteiger partial charge >= 0.3 is 5.97 Å². The predicted molar refractivity (Wildman–Crippen MR) is 63.2 cm³/mol. The van der Waals surface area contributed by atoms with Crippen molar-refractivity contribution in [1.82, 2.24) is 9.88 Å². The second-order valence-corrected chi connectivity index (χ2v) is 5.08. The van der Waals surface area contributed by atoms with Crippen LogP contribution in [0.15, 0.2) is 6.20 Å². The molecule has 1 fully saturated rings. The van der Waals surface area contributed by atoms with Crippen molar-refractivity contribution in [1.29, 1.82) is 0 Å². The van der Waals surface area contributed by atoms with Gasteiger partial charge in [0.1, 0.15) is 10.9 Å². The van der Waals surface area contributed by atoms with Crippen molar-refractivity contribution in [3.8, 4) is 0 Å². The second kappa shape index (κ2) is 4.83. The van der Waals surface area contributed by atoms with Crippen LogP contribution in [0, 0.1) is 0 Å². The van der Waals surface area contributed by atoms with Crippen molar-refractivity contribution in [3.63, 3.8) is 0 Å². The molecule has 17 heavy (non-hydrogen) atoms. The first-order valence-electron chi connectivity index (χ1n) is 5.62. The van der Waals surface area contributed by atoms with E-state index in [1.165, 1.54) is 16.2 Å². The number of likely N-dealkylation sites (tertiary alicyclic amines) is 1. The molecule has 0 spiro atoms. The van der Waals surface area contributed by atoms with Crippen LogP contribution >= 0.6 is 11.3 Å². The van der Waals surface area contributed by atoms with Crippen LogP contribution in [0.5, 0.6) is 0 Å². The first-order chi connectivity index (χ1) is 8.13. The summed E-state index contributed by atoms with van der Waals surface area (Å²) in [4.78, 5) is 29.2. The number of hydrogen-bond donors (Lipinski definition) is 1. The van der Waals surface area contributed by atoms with Crippen LogP contribution in [-0.4, -0.2) is 39.5 Å². The lowest BCUT2D eigenvalue weighted by Crippen LogP contribution is -2.40. The number of aromatic nitrogens is 1. The van der Waals surface area contributed by atoms with E-state index in [-0.39, 0.29) is 5.91 Å². The molecule has 2 rings (SSSR count). The van der Waals surface area contributed by atoms with Crippen LogP contribution in [-0.2, 0) is 11.2 Å². The summed E-state index contributed by atoms with van der Waals surface area (Å²) in [6, 6.07) is -0.672. The van der Waals surface area contributed by atoms with E-state index in [1.54, 1.807) is 6.20 Å². The second-order valence-electron chi connectivity index (χ2n) is 3.97. The fourth-order valence-corrected chi connectivity index (χ4v) is 2.79. The SMILES string of the molecule is CCc1ncc(C(=O)N2CCC[C@H]2C(=O)O)s1. The molecule has 1 amide bonds. The van der Waals surface area contributed by atoms with Gasteiger partial charge in [0.05, 0.1) is 11.2 Å². The van der Waals surface area contributed by atoms with Gasteiger partial charge in [0.25, 0.3) is 5.91 Å². The topological polar surface area (TPSA) is 70.5 Å². The Balaban J connectivity index is 2.16. The van der Waals surface area contributed by atoms with Crippen molar-refractivity contribution in [2.24, 2.45) is 0 Å². The van der Waals surface area contributed by atoms with Crippen LogP contribution in [0.25, 0.3) is 0 Å². The zero-order chi connectivity index (χ0) is 12.4. The molecular weight excluding hydrogens is 240 g/mol. The number of aliphatic carboxylic acids is 1. The lowest BCUT2D eigenvalue weighted by molar-refractivity contribution is -0.141. The molecule has 0 unspecified atom stereocenters. The lowest BCUT2D eigenvalue weighted by atomic mass is 10.2. The number of amides is 1. The number of hydrogen-bond acceptors (Lipinski definition) is 4. The Hall–Kier alpha value is -1.43. The Morgan fingerprint density at radius 3 is 3.00 bits per heavy atom. The number of aryl methyl sites for hydroxylation is 1. The number of nitrogens with zero attached hydrogens (tertiary/aromatic N) is 2. The molecule has 1 N–H and O–H groups in total. The zero-order valence-electron chi connectivity index (χ0n) is 9.55. The number of carbonyl (C=O) groups is 2. The molecule has 5 nitrogen and oxygen atoms in total. The van der Waals surface area contributed by atoms with Gasteiger partial charge in [0.15, 0.2) is 0 Å². The average Bonchev–Trinajstić information content (AvgIpc) is 2.97. The van der Waals surface area contributed by atoms with Gasteiger partial charge in [0, 0.05) is 6.54 Å². The third-order valence-corrected chi connectivity index (χ3v) is 4.00. The molecule has 0 aliphatic carbocycles. The van der Waals surface area contributed by atoms with E-state index in [4.69, 9.17) is 5.11 Å². The van der Waals surface area contributed by atoms with Gasteiger partial charge in [-0.1, -0.05) is 6.92 Å². The Morgan fingerprint density at radius 2 is 2.41 bits per heavy atom. The zero-order valence-corrected chi connectivity index (χ0v) is 10.4. The average molecular weight is 254 g/mol. The fourth-order valence-electron chi connectivity index (χ4n) is 1.98. The van der Waals surface area contributed by atoms with E-state index < -0.39 is 12.0 Å². The molecule has 1 atom stereocenters. The minimum absolute atomic E-state index is 0.202. The molecule has 0 radical (unpaired) electrons. The standard InChI is InChI=1S/C11H14N2O3S/c1-2-9-12-6-8(17-9)10(14)13-5-3-4-7(13)11(15)16/h6-7H,2-5H2,1H3,(H,15,16)/t7-/m0/s1. The lowest BCUT2D eigenvalue weighted by Gasteiger charge is -2.20. The Labute approximate surface area is 103 Å². The molecule has 0 bridgehead atoms. The first-order valence-corrected chi connectivity index (χ1v) is 6.43. The van der Waals surface area contributed by atoms with Crippen LogP contribution in [0.2, 0.25) is 0 Å². The van der Waals surface area contributed by atoms with Crippen molar-refractivity contribution >= 4 is 23.2 Å². The third-order valence-electron chi connectivity index (χ3n) is 2.87. The van der Waals surface area contributed by atoms with E-state index in [2.05, 4.69) is 4.98 Å². The molecule has 1 aliphatic heterocycles. The van der Waals surface area contributed by atoms with Crippen LogP contribution in [0.4, 0.5) is 0 Å². The van der Waals surface area contributed by atoms with E-state index in [0.717, 1.165) is 17.8 Å². The summed E-state index contributed by atoms with van der Waals surface area (Å²) in [5.41, 5.74) is 0. The summed E-state index contributed by atoms with van der Waals surface area (Å²) in [5.74, 6) is -1.12. The largest absolute Gasteiger partial charge is 0.480 e. The van der Waals surface area contributed by atoms with Crippen LogP contribution in [0.1, 0.15) is 34.4 Å². The van der Waals surface area contributed by atoms with Crippen molar-refractivity contribution in [3.05, 3.63) is 16.1 Å². The molecule has 6 heteroatoms. The maximum atomic E-state index is 12.1. The van der Waals surface area contributed by atoms with Crippen molar-refractivity contribution in [2.75, 3.05) is 6.54 Å². The summed E-state index contributed by atoms with van der Waals surface area (Å²) in [5, 5.41) is 9.93. The minimum Gasteiger partial charge on any atom is -0.480 e. The third kappa shape index (κ3) is 2.31.